The number of nitrogens with zero attached hydrogens (tertiary/aromatic N) is 1. The molecule has 1 saturated heterocycles. The van der Waals surface area contributed by atoms with E-state index in [1.165, 1.54) is 0 Å². The second kappa shape index (κ2) is 4.58. The molecule has 0 amide bonds. The standard InChI is InChI=1S/C9H17NO3/c1-3-10-6-5-7(11)8(10)9(12)13-4-2/h7-8,11H,3-6H2,1-2H3/t7-,8-/m0/s1. The first-order valence-corrected chi connectivity index (χ1v) is 4.79. The Labute approximate surface area is 78.5 Å². The monoisotopic (exact) mass is 187 g/mol. The van der Waals surface area contributed by atoms with E-state index in [1.807, 2.05) is 11.8 Å². The molecule has 1 N–H and O–H groups in total. The maximum absolute atomic E-state index is 11.4. The van der Waals surface area contributed by atoms with Gasteiger partial charge in [0, 0.05) is 6.54 Å². The van der Waals surface area contributed by atoms with Crippen molar-refractivity contribution in [1.29, 1.82) is 0 Å². The van der Waals surface area contributed by atoms with Gasteiger partial charge in [0.15, 0.2) is 0 Å². The Hall–Kier alpha value is -0.610. The van der Waals surface area contributed by atoms with Crippen molar-refractivity contribution in [1.82, 2.24) is 4.90 Å². The molecule has 0 saturated carbocycles. The van der Waals surface area contributed by atoms with Crippen molar-refractivity contribution >= 4 is 5.97 Å². The van der Waals surface area contributed by atoms with Gasteiger partial charge < -0.3 is 9.84 Å². The minimum Gasteiger partial charge on any atom is -0.465 e. The number of carbonyl (C=O) groups is 1. The van der Waals surface area contributed by atoms with E-state index in [4.69, 9.17) is 4.74 Å². The Bertz CT molecular complexity index is 184. The fourth-order valence-electron chi connectivity index (χ4n) is 1.73. The maximum Gasteiger partial charge on any atom is 0.326 e. The van der Waals surface area contributed by atoms with Gasteiger partial charge in [0.1, 0.15) is 6.04 Å². The third kappa shape index (κ3) is 2.19. The number of carbonyl (C=O) groups excluding carboxylic acids is 1. The molecule has 0 radical (unpaired) electrons. The van der Waals surface area contributed by atoms with Crippen LogP contribution in [0.25, 0.3) is 0 Å². The largest absolute Gasteiger partial charge is 0.465 e. The summed E-state index contributed by atoms with van der Waals surface area (Å²) in [6, 6.07) is -0.440. The highest BCUT2D eigenvalue weighted by molar-refractivity contribution is 5.77. The van der Waals surface area contributed by atoms with Crippen LogP contribution in [-0.2, 0) is 9.53 Å². The van der Waals surface area contributed by atoms with Crippen LogP contribution >= 0.6 is 0 Å². The van der Waals surface area contributed by atoms with Crippen LogP contribution in [0.3, 0.4) is 0 Å². The highest BCUT2D eigenvalue weighted by Crippen LogP contribution is 2.18. The second-order valence-corrected chi connectivity index (χ2v) is 3.18. The van der Waals surface area contributed by atoms with Gasteiger partial charge in [-0.25, -0.2) is 0 Å². The second-order valence-electron chi connectivity index (χ2n) is 3.18. The average molecular weight is 187 g/mol. The van der Waals surface area contributed by atoms with Crippen molar-refractivity contribution in [3.8, 4) is 0 Å². The van der Waals surface area contributed by atoms with E-state index >= 15 is 0 Å². The van der Waals surface area contributed by atoms with Gasteiger partial charge in [-0.2, -0.15) is 0 Å². The van der Waals surface area contributed by atoms with Gasteiger partial charge in [0.05, 0.1) is 12.7 Å². The number of aliphatic hydroxyl groups is 1. The first-order valence-electron chi connectivity index (χ1n) is 4.79. The van der Waals surface area contributed by atoms with Crippen LogP contribution in [0.4, 0.5) is 0 Å². The summed E-state index contributed by atoms with van der Waals surface area (Å²) in [6.07, 6.45) is 0.108. The highest BCUT2D eigenvalue weighted by Gasteiger charge is 2.38. The predicted molar refractivity (Wildman–Crippen MR) is 48.3 cm³/mol. The summed E-state index contributed by atoms with van der Waals surface area (Å²) in [7, 11) is 0. The molecule has 2 atom stereocenters. The summed E-state index contributed by atoms with van der Waals surface area (Å²) in [5.74, 6) is -0.297. The zero-order chi connectivity index (χ0) is 9.84. The zero-order valence-electron chi connectivity index (χ0n) is 8.19. The zero-order valence-corrected chi connectivity index (χ0v) is 8.19. The smallest absolute Gasteiger partial charge is 0.326 e. The van der Waals surface area contributed by atoms with E-state index < -0.39 is 12.1 Å². The Morgan fingerprint density at radius 2 is 2.31 bits per heavy atom. The molecule has 1 rings (SSSR count). The number of rotatable bonds is 3. The molecule has 0 bridgehead atoms. The molecule has 4 nitrogen and oxygen atoms in total. The van der Waals surface area contributed by atoms with E-state index in [9.17, 15) is 9.90 Å². The highest BCUT2D eigenvalue weighted by atomic mass is 16.5. The lowest BCUT2D eigenvalue weighted by molar-refractivity contribution is -0.151. The third-order valence-electron chi connectivity index (χ3n) is 2.40. The van der Waals surface area contributed by atoms with Crippen LogP contribution < -0.4 is 0 Å². The average Bonchev–Trinajstić information content (AvgIpc) is 2.47. The summed E-state index contributed by atoms with van der Waals surface area (Å²) in [5.41, 5.74) is 0. The normalized spacial score (nSPS) is 29.2. The Balaban J connectivity index is 2.58. The van der Waals surface area contributed by atoms with Crippen molar-refractivity contribution in [2.45, 2.75) is 32.4 Å². The minimum atomic E-state index is -0.556. The van der Waals surface area contributed by atoms with E-state index in [2.05, 4.69) is 0 Å². The summed E-state index contributed by atoms with van der Waals surface area (Å²) in [4.78, 5) is 13.3. The van der Waals surface area contributed by atoms with Gasteiger partial charge in [0.2, 0.25) is 0 Å². The molecule has 76 valence electrons. The van der Waals surface area contributed by atoms with Crippen LogP contribution in [0.5, 0.6) is 0 Å². The first-order chi connectivity index (χ1) is 6.20. The summed E-state index contributed by atoms with van der Waals surface area (Å²) in [5, 5.41) is 9.55. The Morgan fingerprint density at radius 3 is 2.85 bits per heavy atom. The topological polar surface area (TPSA) is 49.8 Å². The summed E-state index contributed by atoms with van der Waals surface area (Å²) >= 11 is 0. The molecular formula is C9H17NO3. The van der Waals surface area contributed by atoms with Crippen molar-refractivity contribution in [3.63, 3.8) is 0 Å². The molecular weight excluding hydrogens is 170 g/mol. The van der Waals surface area contributed by atoms with E-state index in [0.29, 0.717) is 13.0 Å². The molecule has 0 aromatic rings. The number of aliphatic hydroxyl groups excluding tert-OH is 1. The van der Waals surface area contributed by atoms with Crippen LogP contribution in [0.2, 0.25) is 0 Å². The fourth-order valence-corrected chi connectivity index (χ4v) is 1.73. The number of likely N-dealkylation sites (tertiary alicyclic amines) is 1. The molecule has 1 aliphatic heterocycles. The van der Waals surface area contributed by atoms with E-state index in [1.54, 1.807) is 6.92 Å². The van der Waals surface area contributed by atoms with Gasteiger partial charge in [0.25, 0.3) is 0 Å². The SMILES string of the molecule is CCOC(=O)[C@@H]1[C@@H](O)CCN1CC. The maximum atomic E-state index is 11.4. The number of likely N-dealkylation sites (N-methyl/N-ethyl adjacent to an activating group) is 1. The van der Waals surface area contributed by atoms with E-state index in [-0.39, 0.29) is 5.97 Å². The van der Waals surface area contributed by atoms with Gasteiger partial charge >= 0.3 is 5.97 Å². The summed E-state index contributed by atoms with van der Waals surface area (Å²) in [6.45, 7) is 5.68. The molecule has 13 heavy (non-hydrogen) atoms. The molecule has 0 unspecified atom stereocenters. The first kappa shape index (κ1) is 10.5. The summed E-state index contributed by atoms with van der Waals surface area (Å²) < 4.78 is 4.89. The van der Waals surface area contributed by atoms with Gasteiger partial charge in [-0.1, -0.05) is 6.92 Å². The number of ether oxygens (including phenoxy) is 1. The minimum absolute atomic E-state index is 0.297. The fraction of sp³-hybridized carbons (Fsp3) is 0.889. The molecule has 0 aromatic heterocycles. The van der Waals surface area contributed by atoms with Crippen LogP contribution in [-0.4, -0.2) is 47.8 Å². The lowest BCUT2D eigenvalue weighted by Crippen LogP contribution is -2.42. The quantitative estimate of drug-likeness (QED) is 0.632. The number of hydrogen-bond acceptors (Lipinski definition) is 4. The van der Waals surface area contributed by atoms with Crippen LogP contribution in [0, 0.1) is 0 Å². The third-order valence-corrected chi connectivity index (χ3v) is 2.40. The van der Waals surface area contributed by atoms with Crippen LogP contribution in [0.1, 0.15) is 20.3 Å². The number of hydrogen-bond donors (Lipinski definition) is 1. The Morgan fingerprint density at radius 1 is 1.62 bits per heavy atom. The molecule has 0 aromatic carbocycles. The van der Waals surface area contributed by atoms with Crippen molar-refractivity contribution in [3.05, 3.63) is 0 Å². The Kier molecular flexibility index (Phi) is 3.69. The lowest BCUT2D eigenvalue weighted by atomic mass is 10.2. The predicted octanol–water partition coefficient (Wildman–Crippen LogP) is 0.00460. The molecule has 1 aliphatic rings. The van der Waals surface area contributed by atoms with Gasteiger partial charge in [-0.15, -0.1) is 0 Å². The number of esters is 1. The van der Waals surface area contributed by atoms with Crippen molar-refractivity contribution in [2.24, 2.45) is 0 Å². The molecule has 4 heteroatoms. The molecule has 0 aliphatic carbocycles. The molecule has 1 heterocycles. The van der Waals surface area contributed by atoms with Crippen molar-refractivity contribution in [2.75, 3.05) is 19.7 Å². The molecule has 1 fully saturated rings. The van der Waals surface area contributed by atoms with Crippen LogP contribution in [0.15, 0.2) is 0 Å². The lowest BCUT2D eigenvalue weighted by Gasteiger charge is -2.22. The van der Waals surface area contributed by atoms with E-state index in [0.717, 1.165) is 13.1 Å². The van der Waals surface area contributed by atoms with Gasteiger partial charge in [-0.05, 0) is 19.9 Å². The van der Waals surface area contributed by atoms with Crippen molar-refractivity contribution < 1.29 is 14.6 Å². The van der Waals surface area contributed by atoms with Gasteiger partial charge in [-0.3, -0.25) is 9.69 Å². The molecule has 0 spiro atoms.